The summed E-state index contributed by atoms with van der Waals surface area (Å²) in [4.78, 5) is 12.4. The van der Waals surface area contributed by atoms with Gasteiger partial charge in [0.05, 0.1) is 5.92 Å². The molecule has 0 amide bonds. The molecule has 4 aromatic carbocycles. The Morgan fingerprint density at radius 1 is 0.950 bits per heavy atom. The number of ether oxygens (including phenoxy) is 3. The quantitative estimate of drug-likeness (QED) is 0.142. The lowest BCUT2D eigenvalue weighted by molar-refractivity contribution is -0.128. The third-order valence-corrected chi connectivity index (χ3v) is 6.99. The van der Waals surface area contributed by atoms with E-state index in [0.717, 1.165) is 11.1 Å². The molecule has 1 unspecified atom stereocenters. The van der Waals surface area contributed by atoms with E-state index < -0.39 is 11.9 Å². The van der Waals surface area contributed by atoms with Gasteiger partial charge < -0.3 is 19.9 Å². The van der Waals surface area contributed by atoms with Gasteiger partial charge in [-0.3, -0.25) is 0 Å². The van der Waals surface area contributed by atoms with Gasteiger partial charge in [-0.25, -0.2) is 4.79 Å². The van der Waals surface area contributed by atoms with Crippen LogP contribution in [0.3, 0.4) is 0 Å². The summed E-state index contributed by atoms with van der Waals surface area (Å²) in [6.45, 7) is 0.324. The van der Waals surface area contributed by atoms with Gasteiger partial charge in [0.25, 0.3) is 0 Å². The molecule has 0 bridgehead atoms. The highest BCUT2D eigenvalue weighted by molar-refractivity contribution is 6.32. The molecule has 0 aliphatic carbocycles. The second kappa shape index (κ2) is 12.0. The Morgan fingerprint density at radius 3 is 2.38 bits per heavy atom. The van der Waals surface area contributed by atoms with Gasteiger partial charge in [0.15, 0.2) is 0 Å². The van der Waals surface area contributed by atoms with E-state index in [1.54, 1.807) is 42.5 Å². The minimum Gasteiger partial charge on any atom is -0.489 e. The highest BCUT2D eigenvalue weighted by Crippen LogP contribution is 2.43. The number of carbonyl (C=O) groups is 1. The third kappa shape index (κ3) is 5.97. The second-order valence-electron chi connectivity index (χ2n) is 8.85. The molecular formula is C32H22Cl2N2O4. The molecule has 0 saturated carbocycles. The summed E-state index contributed by atoms with van der Waals surface area (Å²) in [5.41, 5.74) is 9.52. The Bertz CT molecular complexity index is 1670. The van der Waals surface area contributed by atoms with E-state index in [9.17, 15) is 10.1 Å². The normalized spacial score (nSPS) is 14.3. The van der Waals surface area contributed by atoms with Gasteiger partial charge >= 0.3 is 5.97 Å². The fourth-order valence-corrected chi connectivity index (χ4v) is 4.68. The summed E-state index contributed by atoms with van der Waals surface area (Å²) in [6.07, 6.45) is 2.87. The molecule has 8 heteroatoms. The topological polar surface area (TPSA) is 94.6 Å². The molecule has 1 atom stereocenters. The maximum atomic E-state index is 12.4. The van der Waals surface area contributed by atoms with Crippen LogP contribution >= 0.6 is 23.2 Å². The summed E-state index contributed by atoms with van der Waals surface area (Å²) in [5, 5.41) is 11.0. The van der Waals surface area contributed by atoms with Crippen LogP contribution in [-0.2, 0) is 11.4 Å². The summed E-state index contributed by atoms with van der Waals surface area (Å²) in [5.74, 6) is 0.237. The average molecular weight is 569 g/mol. The van der Waals surface area contributed by atoms with E-state index in [2.05, 4.69) is 6.07 Å². The predicted octanol–water partition coefficient (Wildman–Crippen LogP) is 7.41. The number of nitriles is 1. The summed E-state index contributed by atoms with van der Waals surface area (Å²) in [6, 6.07) is 29.2. The van der Waals surface area contributed by atoms with Gasteiger partial charge in [0, 0.05) is 33.3 Å². The SMILES string of the molecule is N#CC1=C(N)Oc2cc(OC(=O)/C=C/c3ccccc3Cl)ccc2C1c1ccc(OCc2ccccc2Cl)cc1. The number of esters is 1. The molecule has 5 rings (SSSR count). The fourth-order valence-electron chi connectivity index (χ4n) is 4.29. The van der Waals surface area contributed by atoms with Crippen LogP contribution in [0.15, 0.2) is 109 Å². The number of nitrogens with two attached hydrogens (primary N) is 1. The van der Waals surface area contributed by atoms with E-state index in [4.69, 9.17) is 43.1 Å². The number of nitrogens with zero attached hydrogens (tertiary/aromatic N) is 1. The molecule has 0 aromatic heterocycles. The number of allylic oxidation sites excluding steroid dienone is 1. The van der Waals surface area contributed by atoms with Crippen LogP contribution in [0.4, 0.5) is 0 Å². The van der Waals surface area contributed by atoms with Crippen molar-refractivity contribution in [2.24, 2.45) is 5.73 Å². The first-order valence-electron chi connectivity index (χ1n) is 12.2. The first-order chi connectivity index (χ1) is 19.4. The van der Waals surface area contributed by atoms with E-state index >= 15 is 0 Å². The lowest BCUT2D eigenvalue weighted by Crippen LogP contribution is -2.21. The van der Waals surface area contributed by atoms with Crippen LogP contribution in [0.25, 0.3) is 6.08 Å². The molecule has 0 radical (unpaired) electrons. The zero-order valence-electron chi connectivity index (χ0n) is 21.0. The summed E-state index contributed by atoms with van der Waals surface area (Å²) >= 11 is 12.4. The first kappa shape index (κ1) is 26.9. The van der Waals surface area contributed by atoms with Gasteiger partial charge in [-0.2, -0.15) is 5.26 Å². The molecule has 1 heterocycles. The maximum absolute atomic E-state index is 12.4. The number of hydrogen-bond acceptors (Lipinski definition) is 6. The Labute approximate surface area is 241 Å². The van der Waals surface area contributed by atoms with E-state index in [1.807, 2.05) is 54.6 Å². The van der Waals surface area contributed by atoms with Crippen LogP contribution in [-0.4, -0.2) is 5.97 Å². The van der Waals surface area contributed by atoms with Crippen LogP contribution < -0.4 is 19.9 Å². The Balaban J connectivity index is 1.34. The molecule has 0 fully saturated rings. The predicted molar refractivity (Wildman–Crippen MR) is 154 cm³/mol. The highest BCUT2D eigenvalue weighted by atomic mass is 35.5. The zero-order chi connectivity index (χ0) is 28.1. The van der Waals surface area contributed by atoms with Crippen molar-refractivity contribution in [1.29, 1.82) is 5.26 Å². The maximum Gasteiger partial charge on any atom is 0.336 e. The minimum atomic E-state index is -0.583. The van der Waals surface area contributed by atoms with Gasteiger partial charge in [-0.15, -0.1) is 0 Å². The molecule has 1 aliphatic heterocycles. The molecule has 1 aliphatic rings. The van der Waals surface area contributed by atoms with Crippen LogP contribution in [0.2, 0.25) is 10.0 Å². The Hall–Kier alpha value is -4.70. The lowest BCUT2D eigenvalue weighted by atomic mass is 9.83. The van der Waals surface area contributed by atoms with Gasteiger partial charge in [-0.1, -0.05) is 77.8 Å². The number of halogens is 2. The fraction of sp³-hybridized carbons (Fsp3) is 0.0625. The standard InChI is InChI=1S/C32H22Cl2N2O4/c33-27-7-3-1-5-20(27)11-16-30(37)39-24-14-15-25-29(17-24)40-32(36)26(18-35)31(25)21-9-12-23(13-10-21)38-19-22-6-2-4-8-28(22)34/h1-17,31H,19,36H2/b16-11+. The molecule has 6 nitrogen and oxygen atoms in total. The smallest absolute Gasteiger partial charge is 0.336 e. The largest absolute Gasteiger partial charge is 0.489 e. The molecule has 198 valence electrons. The summed E-state index contributed by atoms with van der Waals surface area (Å²) in [7, 11) is 0. The highest BCUT2D eigenvalue weighted by Gasteiger charge is 2.31. The van der Waals surface area contributed by atoms with Crippen molar-refractivity contribution < 1.29 is 19.0 Å². The van der Waals surface area contributed by atoms with Crippen molar-refractivity contribution in [3.63, 3.8) is 0 Å². The van der Waals surface area contributed by atoms with Crippen molar-refractivity contribution >= 4 is 35.2 Å². The molecule has 0 spiro atoms. The molecule has 0 saturated heterocycles. The van der Waals surface area contributed by atoms with Crippen molar-refractivity contribution in [3.8, 4) is 23.3 Å². The van der Waals surface area contributed by atoms with E-state index in [1.165, 1.54) is 6.08 Å². The van der Waals surface area contributed by atoms with Gasteiger partial charge in [0.1, 0.15) is 35.5 Å². The first-order valence-corrected chi connectivity index (χ1v) is 13.0. The van der Waals surface area contributed by atoms with Gasteiger partial charge in [0.2, 0.25) is 5.88 Å². The number of rotatable bonds is 7. The molecule has 2 N–H and O–H groups in total. The summed E-state index contributed by atoms with van der Waals surface area (Å²) < 4.78 is 17.1. The van der Waals surface area contributed by atoms with Crippen molar-refractivity contribution in [1.82, 2.24) is 0 Å². The van der Waals surface area contributed by atoms with Crippen molar-refractivity contribution in [2.45, 2.75) is 12.5 Å². The molecule has 40 heavy (non-hydrogen) atoms. The third-order valence-electron chi connectivity index (χ3n) is 6.28. The Morgan fingerprint density at radius 2 is 1.65 bits per heavy atom. The van der Waals surface area contributed by atoms with Crippen LogP contribution in [0.5, 0.6) is 17.2 Å². The number of fused-ring (bicyclic) bond motifs is 1. The monoisotopic (exact) mass is 568 g/mol. The second-order valence-corrected chi connectivity index (χ2v) is 9.66. The minimum absolute atomic E-state index is 0.0128. The number of carbonyl (C=O) groups excluding carboxylic acids is 1. The van der Waals surface area contributed by atoms with Crippen LogP contribution in [0, 0.1) is 11.3 Å². The number of benzene rings is 4. The average Bonchev–Trinajstić information content (AvgIpc) is 2.96. The van der Waals surface area contributed by atoms with Crippen molar-refractivity contribution in [3.05, 3.63) is 141 Å². The number of hydrogen-bond donors (Lipinski definition) is 1. The molecule has 4 aromatic rings. The van der Waals surface area contributed by atoms with Crippen LogP contribution in [0.1, 0.15) is 28.2 Å². The van der Waals surface area contributed by atoms with Crippen molar-refractivity contribution in [2.75, 3.05) is 0 Å². The van der Waals surface area contributed by atoms with Gasteiger partial charge in [-0.05, 0) is 47.5 Å². The zero-order valence-corrected chi connectivity index (χ0v) is 22.5. The van der Waals surface area contributed by atoms with E-state index in [0.29, 0.717) is 39.3 Å². The Kier molecular flexibility index (Phi) is 8.07. The molecular weight excluding hydrogens is 547 g/mol. The lowest BCUT2D eigenvalue weighted by Gasteiger charge is -2.26. The van der Waals surface area contributed by atoms with E-state index in [-0.39, 0.29) is 17.2 Å².